The maximum atomic E-state index is 5.47. The van der Waals surface area contributed by atoms with Gasteiger partial charge in [0.2, 0.25) is 5.95 Å². The van der Waals surface area contributed by atoms with E-state index in [1.807, 2.05) is 12.3 Å². The quantitative estimate of drug-likeness (QED) is 0.825. The number of piperidine rings is 1. The molecule has 4 rings (SSSR count). The van der Waals surface area contributed by atoms with Crippen molar-refractivity contribution in [2.24, 2.45) is 5.92 Å². The van der Waals surface area contributed by atoms with Gasteiger partial charge in [-0.3, -0.25) is 0 Å². The van der Waals surface area contributed by atoms with Crippen molar-refractivity contribution in [3.63, 3.8) is 0 Å². The van der Waals surface area contributed by atoms with E-state index in [4.69, 9.17) is 14.5 Å². The van der Waals surface area contributed by atoms with Crippen molar-refractivity contribution >= 4 is 11.8 Å². The van der Waals surface area contributed by atoms with Gasteiger partial charge in [-0.25, -0.2) is 4.98 Å². The van der Waals surface area contributed by atoms with Crippen LogP contribution in [0.15, 0.2) is 24.4 Å². The molecule has 27 heavy (non-hydrogen) atoms. The van der Waals surface area contributed by atoms with Gasteiger partial charge in [-0.2, -0.15) is 4.98 Å². The number of nitrogens with zero attached hydrogens (tertiary/aromatic N) is 4. The van der Waals surface area contributed by atoms with Crippen molar-refractivity contribution in [3.8, 4) is 11.5 Å². The van der Waals surface area contributed by atoms with Gasteiger partial charge in [-0.15, -0.1) is 0 Å². The van der Waals surface area contributed by atoms with E-state index in [-0.39, 0.29) is 0 Å². The molecular formula is C21H28N4O2. The van der Waals surface area contributed by atoms with Crippen LogP contribution in [0.3, 0.4) is 0 Å². The van der Waals surface area contributed by atoms with Gasteiger partial charge in [0.1, 0.15) is 5.82 Å². The van der Waals surface area contributed by atoms with E-state index in [0.717, 1.165) is 61.8 Å². The molecular weight excluding hydrogens is 340 g/mol. The lowest BCUT2D eigenvalue weighted by atomic mass is 9.99. The molecule has 0 N–H and O–H groups in total. The normalized spacial score (nSPS) is 19.6. The lowest BCUT2D eigenvalue weighted by Gasteiger charge is -2.33. The minimum atomic E-state index is 0.724. The molecule has 0 amide bonds. The topological polar surface area (TPSA) is 50.7 Å². The second kappa shape index (κ2) is 7.62. The van der Waals surface area contributed by atoms with Gasteiger partial charge in [0.05, 0.1) is 14.2 Å². The van der Waals surface area contributed by atoms with Crippen molar-refractivity contribution < 1.29 is 9.47 Å². The first-order chi connectivity index (χ1) is 13.2. The van der Waals surface area contributed by atoms with Crippen molar-refractivity contribution in [1.29, 1.82) is 0 Å². The molecule has 3 heterocycles. The number of methoxy groups -OCH3 is 2. The molecule has 1 aromatic carbocycles. The summed E-state index contributed by atoms with van der Waals surface area (Å²) in [7, 11) is 3.36. The Kier molecular flexibility index (Phi) is 5.05. The zero-order valence-corrected chi connectivity index (χ0v) is 16.4. The highest BCUT2D eigenvalue weighted by Crippen LogP contribution is 2.34. The Morgan fingerprint density at radius 1 is 1.04 bits per heavy atom. The molecule has 1 unspecified atom stereocenters. The fraction of sp³-hybridized carbons (Fsp3) is 0.524. The molecule has 0 aliphatic carbocycles. The first kappa shape index (κ1) is 17.9. The van der Waals surface area contributed by atoms with E-state index < -0.39 is 0 Å². The number of rotatable bonds is 4. The van der Waals surface area contributed by atoms with Crippen LogP contribution in [-0.4, -0.2) is 43.8 Å². The molecule has 144 valence electrons. The maximum absolute atomic E-state index is 5.47. The minimum Gasteiger partial charge on any atom is -0.493 e. The summed E-state index contributed by atoms with van der Waals surface area (Å²) in [6.07, 6.45) is 5.38. The van der Waals surface area contributed by atoms with Gasteiger partial charge in [-0.1, -0.05) is 6.92 Å². The average molecular weight is 368 g/mol. The van der Waals surface area contributed by atoms with Crippen LogP contribution >= 0.6 is 0 Å². The van der Waals surface area contributed by atoms with Gasteiger partial charge in [0.15, 0.2) is 11.5 Å². The van der Waals surface area contributed by atoms with Crippen LogP contribution in [0.2, 0.25) is 0 Å². The molecule has 2 aliphatic heterocycles. The molecule has 1 aromatic heterocycles. The summed E-state index contributed by atoms with van der Waals surface area (Å²) in [4.78, 5) is 14.1. The summed E-state index contributed by atoms with van der Waals surface area (Å²) in [6.45, 7) is 6.17. The van der Waals surface area contributed by atoms with Gasteiger partial charge in [0, 0.05) is 32.4 Å². The summed E-state index contributed by atoms with van der Waals surface area (Å²) < 4.78 is 10.9. The SMILES string of the molecule is COc1cc2c(cc1OC)CN(c1nccc(N3CCCC(C)C3)n1)CC2. The van der Waals surface area contributed by atoms with Gasteiger partial charge in [0.25, 0.3) is 0 Å². The largest absolute Gasteiger partial charge is 0.493 e. The van der Waals surface area contributed by atoms with E-state index in [1.54, 1.807) is 14.2 Å². The molecule has 6 heteroatoms. The summed E-state index contributed by atoms with van der Waals surface area (Å²) in [5.74, 6) is 4.15. The van der Waals surface area contributed by atoms with Gasteiger partial charge in [-0.05, 0) is 54.5 Å². The van der Waals surface area contributed by atoms with Crippen molar-refractivity contribution in [1.82, 2.24) is 9.97 Å². The molecule has 0 radical (unpaired) electrons. The first-order valence-corrected chi connectivity index (χ1v) is 9.74. The monoisotopic (exact) mass is 368 g/mol. The smallest absolute Gasteiger partial charge is 0.227 e. The predicted octanol–water partition coefficient (Wildman–Crippen LogP) is 3.29. The van der Waals surface area contributed by atoms with E-state index in [9.17, 15) is 0 Å². The van der Waals surface area contributed by atoms with Crippen LogP contribution in [0.25, 0.3) is 0 Å². The van der Waals surface area contributed by atoms with Crippen LogP contribution in [0.5, 0.6) is 11.5 Å². The van der Waals surface area contributed by atoms with Crippen LogP contribution in [-0.2, 0) is 13.0 Å². The summed E-state index contributed by atoms with van der Waals surface area (Å²) in [5, 5.41) is 0. The Morgan fingerprint density at radius 2 is 1.81 bits per heavy atom. The Labute approximate surface area is 161 Å². The molecule has 1 saturated heterocycles. The fourth-order valence-corrected chi connectivity index (χ4v) is 4.12. The summed E-state index contributed by atoms with van der Waals surface area (Å²) >= 11 is 0. The number of benzene rings is 1. The zero-order chi connectivity index (χ0) is 18.8. The Morgan fingerprint density at radius 3 is 2.56 bits per heavy atom. The minimum absolute atomic E-state index is 0.724. The third kappa shape index (κ3) is 3.66. The van der Waals surface area contributed by atoms with Crippen molar-refractivity contribution in [2.75, 3.05) is 43.7 Å². The fourth-order valence-electron chi connectivity index (χ4n) is 4.12. The number of fused-ring (bicyclic) bond motifs is 1. The standard InChI is InChI=1S/C21H28N4O2/c1-15-5-4-9-24(13-15)20-6-8-22-21(23-20)25-10-7-16-11-18(26-2)19(27-3)12-17(16)14-25/h6,8,11-12,15H,4-5,7,9-10,13-14H2,1-3H3. The predicted molar refractivity (Wildman–Crippen MR) is 107 cm³/mol. The third-order valence-corrected chi connectivity index (χ3v) is 5.61. The van der Waals surface area contributed by atoms with Crippen LogP contribution in [0.1, 0.15) is 30.9 Å². The Bertz CT molecular complexity index is 811. The lowest BCUT2D eigenvalue weighted by Crippen LogP contribution is -2.36. The molecule has 0 spiro atoms. The molecule has 0 saturated carbocycles. The Hall–Kier alpha value is -2.50. The van der Waals surface area contributed by atoms with Crippen LogP contribution < -0.4 is 19.3 Å². The van der Waals surface area contributed by atoms with Gasteiger partial charge >= 0.3 is 0 Å². The lowest BCUT2D eigenvalue weighted by molar-refractivity contribution is 0.353. The summed E-state index contributed by atoms with van der Waals surface area (Å²) in [6, 6.07) is 6.21. The second-order valence-electron chi connectivity index (χ2n) is 7.56. The average Bonchev–Trinajstić information content (AvgIpc) is 2.72. The van der Waals surface area contributed by atoms with Gasteiger partial charge < -0.3 is 19.3 Å². The molecule has 2 aromatic rings. The number of aromatic nitrogens is 2. The Balaban J connectivity index is 1.56. The molecule has 1 atom stereocenters. The second-order valence-corrected chi connectivity index (χ2v) is 7.56. The number of anilines is 2. The molecule has 6 nitrogen and oxygen atoms in total. The molecule has 2 aliphatic rings. The number of hydrogen-bond donors (Lipinski definition) is 0. The van der Waals surface area contributed by atoms with Crippen LogP contribution in [0, 0.1) is 5.92 Å². The van der Waals surface area contributed by atoms with E-state index in [0.29, 0.717) is 0 Å². The number of ether oxygens (including phenoxy) is 2. The highest BCUT2D eigenvalue weighted by Gasteiger charge is 2.23. The first-order valence-electron chi connectivity index (χ1n) is 9.74. The van der Waals surface area contributed by atoms with E-state index in [1.165, 1.54) is 24.0 Å². The van der Waals surface area contributed by atoms with E-state index in [2.05, 4.69) is 33.8 Å². The number of hydrogen-bond acceptors (Lipinski definition) is 6. The van der Waals surface area contributed by atoms with Crippen molar-refractivity contribution in [2.45, 2.75) is 32.7 Å². The van der Waals surface area contributed by atoms with Crippen molar-refractivity contribution in [3.05, 3.63) is 35.5 Å². The van der Waals surface area contributed by atoms with E-state index >= 15 is 0 Å². The highest BCUT2D eigenvalue weighted by molar-refractivity contribution is 5.52. The maximum Gasteiger partial charge on any atom is 0.227 e. The molecule has 0 bridgehead atoms. The third-order valence-electron chi connectivity index (χ3n) is 5.61. The summed E-state index contributed by atoms with van der Waals surface area (Å²) in [5.41, 5.74) is 2.56. The van der Waals surface area contributed by atoms with Crippen LogP contribution in [0.4, 0.5) is 11.8 Å². The highest BCUT2D eigenvalue weighted by atomic mass is 16.5. The molecule has 1 fully saturated rings. The zero-order valence-electron chi connectivity index (χ0n) is 16.4.